The van der Waals surface area contributed by atoms with Gasteiger partial charge in [-0.15, -0.1) is 0 Å². The summed E-state index contributed by atoms with van der Waals surface area (Å²) in [7, 11) is -3.44. The first-order valence-corrected chi connectivity index (χ1v) is 7.18. The fraction of sp³-hybridized carbons (Fsp3) is 0.500. The van der Waals surface area contributed by atoms with E-state index >= 15 is 0 Å². The minimum atomic E-state index is -3.44. The van der Waals surface area contributed by atoms with Crippen LogP contribution in [0.5, 0.6) is 0 Å². The molecule has 0 spiro atoms. The lowest BCUT2D eigenvalue weighted by Crippen LogP contribution is -2.42. The Labute approximate surface area is 102 Å². The van der Waals surface area contributed by atoms with E-state index < -0.39 is 15.6 Å². The van der Waals surface area contributed by atoms with Crippen molar-refractivity contribution in [2.24, 2.45) is 5.73 Å². The summed E-state index contributed by atoms with van der Waals surface area (Å²) in [5, 5.41) is 0. The van der Waals surface area contributed by atoms with E-state index in [1.807, 2.05) is 26.0 Å². The lowest BCUT2D eigenvalue weighted by atomic mass is 10.2. The predicted octanol–water partition coefficient (Wildman–Crippen LogP) is 1.07. The average Bonchev–Trinajstić information content (AvgIpc) is 2.97. The third-order valence-corrected chi connectivity index (χ3v) is 4.95. The summed E-state index contributed by atoms with van der Waals surface area (Å²) in [6, 6.07) is 5.33. The summed E-state index contributed by atoms with van der Waals surface area (Å²) in [5.41, 5.74) is 7.02. The second-order valence-electron chi connectivity index (χ2n) is 4.86. The van der Waals surface area contributed by atoms with Gasteiger partial charge in [0.25, 0.3) is 0 Å². The maximum Gasteiger partial charge on any atom is 0.241 e. The first-order valence-electron chi connectivity index (χ1n) is 5.70. The number of rotatable bonds is 4. The Bertz CT molecular complexity index is 533. The summed E-state index contributed by atoms with van der Waals surface area (Å²) < 4.78 is 27.1. The monoisotopic (exact) mass is 254 g/mol. The lowest BCUT2D eigenvalue weighted by molar-refractivity contribution is 0.544. The van der Waals surface area contributed by atoms with Crippen molar-refractivity contribution in [2.75, 3.05) is 6.54 Å². The number of benzene rings is 1. The molecule has 0 amide bonds. The number of hydrogen-bond acceptors (Lipinski definition) is 3. The van der Waals surface area contributed by atoms with Gasteiger partial charge in [-0.1, -0.05) is 17.7 Å². The predicted molar refractivity (Wildman–Crippen MR) is 67.3 cm³/mol. The first kappa shape index (κ1) is 12.5. The summed E-state index contributed by atoms with van der Waals surface area (Å²) >= 11 is 0. The minimum Gasteiger partial charge on any atom is -0.329 e. The van der Waals surface area contributed by atoms with Gasteiger partial charge in [0.1, 0.15) is 0 Å². The number of nitrogens with one attached hydrogen (secondary N) is 1. The number of hydrogen-bond donors (Lipinski definition) is 2. The molecule has 1 aromatic rings. The highest BCUT2D eigenvalue weighted by Gasteiger charge is 2.44. The Morgan fingerprint density at radius 2 is 2.00 bits per heavy atom. The van der Waals surface area contributed by atoms with Crippen molar-refractivity contribution in [3.8, 4) is 0 Å². The topological polar surface area (TPSA) is 72.2 Å². The molecule has 0 unspecified atom stereocenters. The van der Waals surface area contributed by atoms with Crippen molar-refractivity contribution in [2.45, 2.75) is 37.1 Å². The van der Waals surface area contributed by atoms with Crippen LogP contribution in [0.4, 0.5) is 0 Å². The van der Waals surface area contributed by atoms with Gasteiger partial charge in [0, 0.05) is 12.1 Å². The lowest BCUT2D eigenvalue weighted by Gasteiger charge is -2.16. The van der Waals surface area contributed by atoms with Gasteiger partial charge in [-0.25, -0.2) is 13.1 Å². The molecule has 0 heterocycles. The molecule has 0 atom stereocenters. The fourth-order valence-electron chi connectivity index (χ4n) is 1.94. The second-order valence-corrected chi connectivity index (χ2v) is 6.51. The van der Waals surface area contributed by atoms with E-state index in [0.717, 1.165) is 24.0 Å². The van der Waals surface area contributed by atoms with Gasteiger partial charge in [-0.05, 0) is 38.3 Å². The van der Waals surface area contributed by atoms with Crippen molar-refractivity contribution >= 4 is 10.0 Å². The summed E-state index contributed by atoms with van der Waals surface area (Å²) in [6.07, 6.45) is 1.65. The molecule has 94 valence electrons. The molecule has 2 rings (SSSR count). The molecule has 1 aliphatic rings. The zero-order valence-electron chi connectivity index (χ0n) is 10.2. The Hall–Kier alpha value is -0.910. The Balaban J connectivity index is 2.32. The summed E-state index contributed by atoms with van der Waals surface area (Å²) in [4.78, 5) is 0.350. The maximum absolute atomic E-state index is 12.2. The second kappa shape index (κ2) is 4.08. The molecule has 1 fully saturated rings. The van der Waals surface area contributed by atoms with Crippen molar-refractivity contribution in [3.05, 3.63) is 29.3 Å². The fourth-order valence-corrected chi connectivity index (χ4v) is 3.64. The quantitative estimate of drug-likeness (QED) is 0.844. The average molecular weight is 254 g/mol. The molecule has 17 heavy (non-hydrogen) atoms. The molecule has 1 aliphatic carbocycles. The van der Waals surface area contributed by atoms with E-state index in [1.165, 1.54) is 0 Å². The maximum atomic E-state index is 12.2. The zero-order valence-corrected chi connectivity index (χ0v) is 11.0. The molecule has 0 aromatic heterocycles. The molecular formula is C12H18N2O2S. The number of sulfonamides is 1. The van der Waals surface area contributed by atoms with Crippen LogP contribution in [-0.2, 0) is 10.0 Å². The van der Waals surface area contributed by atoms with Crippen LogP contribution in [0.1, 0.15) is 24.0 Å². The normalized spacial score (nSPS) is 18.1. The molecular weight excluding hydrogens is 236 g/mol. The molecule has 5 heteroatoms. The Kier molecular flexibility index (Phi) is 3.01. The SMILES string of the molecule is Cc1ccc(S(=O)(=O)NC2(CN)CC2)c(C)c1. The summed E-state index contributed by atoms with van der Waals surface area (Å²) in [6.45, 7) is 4.11. The van der Waals surface area contributed by atoms with Gasteiger partial charge in [-0.3, -0.25) is 0 Å². The third-order valence-electron chi connectivity index (χ3n) is 3.22. The van der Waals surface area contributed by atoms with Gasteiger partial charge in [0.05, 0.1) is 4.90 Å². The van der Waals surface area contributed by atoms with Gasteiger partial charge in [0.15, 0.2) is 0 Å². The van der Waals surface area contributed by atoms with E-state index in [2.05, 4.69) is 4.72 Å². The van der Waals surface area contributed by atoms with E-state index in [0.29, 0.717) is 11.4 Å². The Morgan fingerprint density at radius 3 is 2.47 bits per heavy atom. The van der Waals surface area contributed by atoms with Crippen molar-refractivity contribution in [1.82, 2.24) is 4.72 Å². The highest BCUT2D eigenvalue weighted by molar-refractivity contribution is 7.89. The molecule has 0 saturated heterocycles. The molecule has 0 radical (unpaired) electrons. The molecule has 1 aromatic carbocycles. The van der Waals surface area contributed by atoms with Crippen LogP contribution in [0.3, 0.4) is 0 Å². The Morgan fingerprint density at radius 1 is 1.35 bits per heavy atom. The third kappa shape index (κ3) is 2.51. The van der Waals surface area contributed by atoms with Crippen LogP contribution in [0.25, 0.3) is 0 Å². The van der Waals surface area contributed by atoms with Crippen LogP contribution in [0, 0.1) is 13.8 Å². The van der Waals surface area contributed by atoms with E-state index in [4.69, 9.17) is 5.73 Å². The van der Waals surface area contributed by atoms with Gasteiger partial charge < -0.3 is 5.73 Å². The van der Waals surface area contributed by atoms with E-state index in [1.54, 1.807) is 6.07 Å². The molecule has 1 saturated carbocycles. The first-order chi connectivity index (χ1) is 7.88. The highest BCUT2D eigenvalue weighted by Crippen LogP contribution is 2.35. The zero-order chi connectivity index (χ0) is 12.7. The van der Waals surface area contributed by atoms with Crippen LogP contribution >= 0.6 is 0 Å². The highest BCUT2D eigenvalue weighted by atomic mass is 32.2. The summed E-state index contributed by atoms with van der Waals surface area (Å²) in [5.74, 6) is 0. The number of nitrogens with two attached hydrogens (primary N) is 1. The van der Waals surface area contributed by atoms with Crippen molar-refractivity contribution in [3.63, 3.8) is 0 Å². The smallest absolute Gasteiger partial charge is 0.241 e. The van der Waals surface area contributed by atoms with Gasteiger partial charge in [0.2, 0.25) is 10.0 Å². The van der Waals surface area contributed by atoms with Gasteiger partial charge in [-0.2, -0.15) is 0 Å². The minimum absolute atomic E-state index is 0.350. The molecule has 4 nitrogen and oxygen atoms in total. The van der Waals surface area contributed by atoms with Crippen LogP contribution in [-0.4, -0.2) is 20.5 Å². The van der Waals surface area contributed by atoms with Crippen molar-refractivity contribution in [1.29, 1.82) is 0 Å². The number of aryl methyl sites for hydroxylation is 2. The standard InChI is InChI=1S/C12H18N2O2S/c1-9-3-4-11(10(2)7-9)17(15,16)14-12(8-13)5-6-12/h3-4,7,14H,5-6,8,13H2,1-2H3. The van der Waals surface area contributed by atoms with E-state index in [9.17, 15) is 8.42 Å². The molecule has 0 aliphatic heterocycles. The van der Waals surface area contributed by atoms with Crippen LogP contribution in [0.2, 0.25) is 0 Å². The van der Waals surface area contributed by atoms with E-state index in [-0.39, 0.29) is 0 Å². The van der Waals surface area contributed by atoms with Crippen molar-refractivity contribution < 1.29 is 8.42 Å². The molecule has 0 bridgehead atoms. The largest absolute Gasteiger partial charge is 0.329 e. The van der Waals surface area contributed by atoms with Gasteiger partial charge >= 0.3 is 0 Å². The van der Waals surface area contributed by atoms with Crippen LogP contribution < -0.4 is 10.5 Å². The molecule has 3 N–H and O–H groups in total. The van der Waals surface area contributed by atoms with Crippen LogP contribution in [0.15, 0.2) is 23.1 Å².